The van der Waals surface area contributed by atoms with Crippen molar-refractivity contribution in [2.45, 2.75) is 6.92 Å². The third kappa shape index (κ3) is 2.63. The van der Waals surface area contributed by atoms with Gasteiger partial charge in [-0.1, -0.05) is 41.6 Å². The van der Waals surface area contributed by atoms with E-state index in [2.05, 4.69) is 10.3 Å². The zero-order valence-electron chi connectivity index (χ0n) is 13.3. The Balaban J connectivity index is 1.91. The van der Waals surface area contributed by atoms with Crippen LogP contribution >= 0.6 is 0 Å². The average molecular weight is 331 g/mol. The van der Waals surface area contributed by atoms with E-state index in [0.29, 0.717) is 11.0 Å². The molecule has 3 aromatic carbocycles. The molecule has 0 saturated carbocycles. The summed E-state index contributed by atoms with van der Waals surface area (Å²) in [4.78, 5) is 24.5. The molecule has 0 fully saturated rings. The van der Waals surface area contributed by atoms with Crippen molar-refractivity contribution in [1.82, 2.24) is 15.0 Å². The number of aromatic nitrogens is 3. The average Bonchev–Trinajstić information content (AvgIpc) is 3.04. The highest BCUT2D eigenvalue weighted by Crippen LogP contribution is 2.27. The van der Waals surface area contributed by atoms with Gasteiger partial charge < -0.3 is 4.74 Å². The van der Waals surface area contributed by atoms with Gasteiger partial charge in [-0.15, -0.1) is 5.10 Å². The predicted octanol–water partition coefficient (Wildman–Crippen LogP) is 3.20. The van der Waals surface area contributed by atoms with Gasteiger partial charge in [0.1, 0.15) is 11.3 Å². The van der Waals surface area contributed by atoms with E-state index in [1.165, 1.54) is 11.6 Å². The van der Waals surface area contributed by atoms with Crippen LogP contribution in [0.5, 0.6) is 5.75 Å². The zero-order valence-corrected chi connectivity index (χ0v) is 13.3. The lowest BCUT2D eigenvalue weighted by molar-refractivity contribution is -0.131. The molecular formula is C19H13N3O3. The molecule has 6 nitrogen and oxygen atoms in total. The highest BCUT2D eigenvalue weighted by molar-refractivity contribution is 6.05. The van der Waals surface area contributed by atoms with Gasteiger partial charge in [-0.05, 0) is 35.0 Å². The second-order valence-electron chi connectivity index (χ2n) is 5.58. The quantitative estimate of drug-likeness (QED) is 0.416. The lowest BCUT2D eigenvalue weighted by Crippen LogP contribution is -2.16. The molecule has 0 radical (unpaired) electrons. The van der Waals surface area contributed by atoms with Gasteiger partial charge in [0.2, 0.25) is 0 Å². The Morgan fingerprint density at radius 3 is 2.40 bits per heavy atom. The van der Waals surface area contributed by atoms with Crippen LogP contribution < -0.4 is 4.74 Å². The van der Waals surface area contributed by atoms with Crippen molar-refractivity contribution < 1.29 is 14.3 Å². The van der Waals surface area contributed by atoms with Gasteiger partial charge in [-0.25, -0.2) is 0 Å². The summed E-state index contributed by atoms with van der Waals surface area (Å²) in [7, 11) is 0. The van der Waals surface area contributed by atoms with E-state index in [1.807, 2.05) is 36.4 Å². The maximum atomic E-state index is 13.0. The molecule has 1 aromatic heterocycles. The summed E-state index contributed by atoms with van der Waals surface area (Å²) in [5.74, 6) is -0.695. The first-order valence-electron chi connectivity index (χ1n) is 7.70. The van der Waals surface area contributed by atoms with Crippen molar-refractivity contribution in [2.75, 3.05) is 0 Å². The Labute approximate surface area is 142 Å². The molecule has 0 atom stereocenters. The maximum Gasteiger partial charge on any atom is 0.308 e. The number of rotatable bonds is 2. The Bertz CT molecular complexity index is 1130. The SMILES string of the molecule is CC(=O)Oc1cc2ccccc2cc1C(=O)n1nnc2ccccc21. The smallest absolute Gasteiger partial charge is 0.308 e. The van der Waals surface area contributed by atoms with Gasteiger partial charge in [-0.3, -0.25) is 9.59 Å². The fraction of sp³-hybridized carbons (Fsp3) is 0.0526. The van der Waals surface area contributed by atoms with Gasteiger partial charge in [0.15, 0.2) is 0 Å². The first-order chi connectivity index (χ1) is 12.1. The summed E-state index contributed by atoms with van der Waals surface area (Å²) < 4.78 is 6.48. The molecule has 0 saturated heterocycles. The number of nitrogens with zero attached hydrogens (tertiary/aromatic N) is 3. The Morgan fingerprint density at radius 1 is 0.960 bits per heavy atom. The van der Waals surface area contributed by atoms with Crippen LogP contribution in [0.3, 0.4) is 0 Å². The number of para-hydroxylation sites is 1. The van der Waals surface area contributed by atoms with Gasteiger partial charge in [-0.2, -0.15) is 4.68 Å². The van der Waals surface area contributed by atoms with Crippen LogP contribution in [-0.4, -0.2) is 26.9 Å². The molecule has 0 spiro atoms. The fourth-order valence-corrected chi connectivity index (χ4v) is 2.76. The molecule has 0 bridgehead atoms. The normalized spacial score (nSPS) is 10.9. The Hall–Kier alpha value is -3.54. The minimum atomic E-state index is -0.493. The summed E-state index contributed by atoms with van der Waals surface area (Å²) in [5, 5.41) is 9.69. The molecule has 0 aliphatic carbocycles. The van der Waals surface area contributed by atoms with Gasteiger partial charge in [0, 0.05) is 6.92 Å². The molecule has 4 rings (SSSR count). The summed E-state index contributed by atoms with van der Waals surface area (Å²) in [6, 6.07) is 18.1. The second kappa shape index (κ2) is 5.83. The standard InChI is InChI=1S/C19H13N3O3/c1-12(23)25-18-11-14-7-3-2-6-13(14)10-15(18)19(24)22-17-9-5-4-8-16(17)20-21-22/h2-11H,1H3. The van der Waals surface area contributed by atoms with E-state index in [1.54, 1.807) is 24.3 Å². The topological polar surface area (TPSA) is 74.1 Å². The molecule has 0 aliphatic heterocycles. The van der Waals surface area contributed by atoms with Crippen molar-refractivity contribution >= 4 is 33.7 Å². The van der Waals surface area contributed by atoms with Crippen LogP contribution in [0.2, 0.25) is 0 Å². The lowest BCUT2D eigenvalue weighted by atomic mass is 10.1. The van der Waals surface area contributed by atoms with Crippen LogP contribution in [0.15, 0.2) is 60.7 Å². The molecule has 0 unspecified atom stereocenters. The van der Waals surface area contributed by atoms with Crippen molar-refractivity contribution in [1.29, 1.82) is 0 Å². The van der Waals surface area contributed by atoms with Crippen LogP contribution in [0.1, 0.15) is 17.3 Å². The van der Waals surface area contributed by atoms with E-state index < -0.39 is 11.9 Å². The Morgan fingerprint density at radius 2 is 1.64 bits per heavy atom. The second-order valence-corrected chi connectivity index (χ2v) is 5.58. The minimum Gasteiger partial charge on any atom is -0.426 e. The highest BCUT2D eigenvalue weighted by Gasteiger charge is 2.20. The van der Waals surface area contributed by atoms with Crippen LogP contribution in [0.25, 0.3) is 21.8 Å². The number of carbonyl (C=O) groups excluding carboxylic acids is 2. The summed E-state index contributed by atoms with van der Waals surface area (Å²) in [5.41, 5.74) is 1.46. The number of ether oxygens (including phenoxy) is 1. The molecular weight excluding hydrogens is 318 g/mol. The molecule has 25 heavy (non-hydrogen) atoms. The summed E-state index contributed by atoms with van der Waals surface area (Å²) >= 11 is 0. The Kier molecular flexibility index (Phi) is 3.50. The first-order valence-corrected chi connectivity index (χ1v) is 7.70. The van der Waals surface area contributed by atoms with Gasteiger partial charge >= 0.3 is 5.97 Å². The summed E-state index contributed by atoms with van der Waals surface area (Å²) in [6.07, 6.45) is 0. The van der Waals surface area contributed by atoms with Crippen LogP contribution in [-0.2, 0) is 4.79 Å². The van der Waals surface area contributed by atoms with Crippen molar-refractivity contribution in [3.8, 4) is 5.75 Å². The molecule has 0 N–H and O–H groups in total. The minimum absolute atomic E-state index is 0.204. The number of esters is 1. The number of hydrogen-bond acceptors (Lipinski definition) is 5. The summed E-state index contributed by atoms with van der Waals surface area (Å²) in [6.45, 7) is 1.30. The molecule has 0 aliphatic rings. The molecule has 0 amide bonds. The third-order valence-corrected chi connectivity index (χ3v) is 3.88. The fourth-order valence-electron chi connectivity index (χ4n) is 2.76. The zero-order chi connectivity index (χ0) is 17.4. The number of carbonyl (C=O) groups is 2. The maximum absolute atomic E-state index is 13.0. The van der Waals surface area contributed by atoms with Gasteiger partial charge in [0.05, 0.1) is 11.1 Å². The third-order valence-electron chi connectivity index (χ3n) is 3.88. The predicted molar refractivity (Wildman–Crippen MR) is 92.5 cm³/mol. The van der Waals surface area contributed by atoms with Crippen molar-refractivity contribution in [3.63, 3.8) is 0 Å². The van der Waals surface area contributed by atoms with Crippen LogP contribution in [0.4, 0.5) is 0 Å². The van der Waals surface area contributed by atoms with E-state index in [-0.39, 0.29) is 11.3 Å². The molecule has 122 valence electrons. The van der Waals surface area contributed by atoms with Crippen LogP contribution in [0, 0.1) is 0 Å². The largest absolute Gasteiger partial charge is 0.426 e. The van der Waals surface area contributed by atoms with E-state index in [0.717, 1.165) is 10.8 Å². The number of hydrogen-bond donors (Lipinski definition) is 0. The molecule has 1 heterocycles. The first kappa shape index (κ1) is 15.0. The van der Waals surface area contributed by atoms with Crippen molar-refractivity contribution in [2.24, 2.45) is 0 Å². The van der Waals surface area contributed by atoms with Crippen molar-refractivity contribution in [3.05, 3.63) is 66.2 Å². The van der Waals surface area contributed by atoms with Gasteiger partial charge in [0.25, 0.3) is 5.91 Å². The molecule has 4 aromatic rings. The molecule has 6 heteroatoms. The monoisotopic (exact) mass is 331 g/mol. The van der Waals surface area contributed by atoms with E-state index >= 15 is 0 Å². The highest BCUT2D eigenvalue weighted by atomic mass is 16.5. The number of benzene rings is 3. The lowest BCUT2D eigenvalue weighted by Gasteiger charge is -2.10. The van der Waals surface area contributed by atoms with E-state index in [4.69, 9.17) is 4.74 Å². The number of fused-ring (bicyclic) bond motifs is 2. The van der Waals surface area contributed by atoms with E-state index in [9.17, 15) is 9.59 Å².